The molecule has 0 fully saturated rings. The van der Waals surface area contributed by atoms with Crippen molar-refractivity contribution in [3.63, 3.8) is 0 Å². The molecule has 0 bridgehead atoms. The molecular formula is C3H6NO5P. The topological polar surface area (TPSA) is 99.8 Å². The first kappa shape index (κ1) is 9.56. The van der Waals surface area contributed by atoms with Crippen molar-refractivity contribution in [1.29, 1.82) is 5.26 Å². The van der Waals surface area contributed by atoms with Crippen molar-refractivity contribution in [1.82, 2.24) is 0 Å². The predicted octanol–water partition coefficient (Wildman–Crippen LogP) is -0.0606. The number of rotatable bonds is 3. The summed E-state index contributed by atoms with van der Waals surface area (Å²) >= 11 is 0. The van der Waals surface area contributed by atoms with Crippen LogP contribution in [0.25, 0.3) is 0 Å². The molecule has 0 heterocycles. The number of nitrogens with zero attached hydrogens (tertiary/aromatic N) is 1. The van der Waals surface area contributed by atoms with Gasteiger partial charge in [0.25, 0.3) is 0 Å². The summed E-state index contributed by atoms with van der Waals surface area (Å²) in [4.78, 5) is 20.0. The molecule has 0 saturated heterocycles. The van der Waals surface area contributed by atoms with Crippen LogP contribution in [0, 0.1) is 11.3 Å². The summed E-state index contributed by atoms with van der Waals surface area (Å²) in [5, 5.41) is 8.02. The Morgan fingerprint density at radius 2 is 2.20 bits per heavy atom. The SMILES string of the molecule is CC(C#N)OOP(=O)(O)O. The van der Waals surface area contributed by atoms with Crippen LogP contribution in [0.2, 0.25) is 0 Å². The van der Waals surface area contributed by atoms with Crippen LogP contribution >= 0.6 is 7.82 Å². The van der Waals surface area contributed by atoms with Crippen molar-refractivity contribution >= 4 is 7.82 Å². The molecule has 0 spiro atoms. The molecule has 0 aliphatic heterocycles. The van der Waals surface area contributed by atoms with Gasteiger partial charge in [0.05, 0.1) is 6.07 Å². The van der Waals surface area contributed by atoms with Gasteiger partial charge in [-0.1, -0.05) is 0 Å². The van der Waals surface area contributed by atoms with Gasteiger partial charge < -0.3 is 9.79 Å². The van der Waals surface area contributed by atoms with E-state index in [9.17, 15) is 4.57 Å². The molecule has 0 rings (SSSR count). The van der Waals surface area contributed by atoms with E-state index >= 15 is 0 Å². The van der Waals surface area contributed by atoms with Crippen LogP contribution in [-0.2, 0) is 14.1 Å². The standard InChI is InChI=1S/C3H6NO5P/c1-3(2-4)8-9-10(5,6)7/h3H,1H3,(H2,5,6,7). The lowest BCUT2D eigenvalue weighted by atomic mass is 10.5. The van der Waals surface area contributed by atoms with Gasteiger partial charge in [-0.3, -0.25) is 0 Å². The zero-order chi connectivity index (χ0) is 8.20. The molecule has 1 atom stereocenters. The zero-order valence-corrected chi connectivity index (χ0v) is 5.99. The van der Waals surface area contributed by atoms with Crippen molar-refractivity contribution in [3.05, 3.63) is 0 Å². The van der Waals surface area contributed by atoms with Crippen LogP contribution in [0.5, 0.6) is 0 Å². The highest BCUT2D eigenvalue weighted by atomic mass is 31.2. The number of nitriles is 1. The molecule has 0 aliphatic carbocycles. The Labute approximate surface area is 57.2 Å². The average Bonchev–Trinajstić information content (AvgIpc) is 1.81. The largest absolute Gasteiger partial charge is 0.496 e. The quantitative estimate of drug-likeness (QED) is 0.347. The first-order chi connectivity index (χ1) is 4.45. The van der Waals surface area contributed by atoms with E-state index in [2.05, 4.69) is 9.56 Å². The maximum absolute atomic E-state index is 9.89. The first-order valence-electron chi connectivity index (χ1n) is 2.26. The van der Waals surface area contributed by atoms with Gasteiger partial charge in [0, 0.05) is 0 Å². The van der Waals surface area contributed by atoms with Crippen LogP contribution in [0.3, 0.4) is 0 Å². The fourth-order valence-corrected chi connectivity index (χ4v) is 0.383. The van der Waals surface area contributed by atoms with Gasteiger partial charge >= 0.3 is 7.82 Å². The highest BCUT2D eigenvalue weighted by Gasteiger charge is 2.16. The second-order valence-corrected chi connectivity index (χ2v) is 2.56. The van der Waals surface area contributed by atoms with Crippen molar-refractivity contribution in [2.24, 2.45) is 0 Å². The first-order valence-corrected chi connectivity index (χ1v) is 3.79. The summed E-state index contributed by atoms with van der Waals surface area (Å²) in [6.45, 7) is 1.29. The maximum atomic E-state index is 9.89. The van der Waals surface area contributed by atoms with Crippen LogP contribution in [-0.4, -0.2) is 15.9 Å². The molecule has 7 heteroatoms. The Bertz CT molecular complexity index is 180. The minimum Gasteiger partial charge on any atom is -0.301 e. The third kappa shape index (κ3) is 5.69. The number of hydrogen-bond acceptors (Lipinski definition) is 4. The lowest BCUT2D eigenvalue weighted by molar-refractivity contribution is -0.238. The molecule has 0 aromatic heterocycles. The molecule has 2 N–H and O–H groups in total. The number of hydrogen-bond donors (Lipinski definition) is 2. The summed E-state index contributed by atoms with van der Waals surface area (Å²) in [5.41, 5.74) is 0. The van der Waals surface area contributed by atoms with E-state index in [4.69, 9.17) is 15.0 Å². The van der Waals surface area contributed by atoms with Crippen molar-refractivity contribution in [2.75, 3.05) is 0 Å². The van der Waals surface area contributed by atoms with Gasteiger partial charge in [-0.2, -0.15) is 5.26 Å². The van der Waals surface area contributed by atoms with Gasteiger partial charge in [-0.05, 0) is 6.92 Å². The van der Waals surface area contributed by atoms with Gasteiger partial charge in [-0.25, -0.2) is 9.45 Å². The second-order valence-electron chi connectivity index (χ2n) is 1.43. The fourth-order valence-electron chi connectivity index (χ4n) is 0.142. The van der Waals surface area contributed by atoms with Crippen molar-refractivity contribution in [2.45, 2.75) is 13.0 Å². The monoisotopic (exact) mass is 167 g/mol. The van der Waals surface area contributed by atoms with Crippen LogP contribution in [0.1, 0.15) is 6.92 Å². The minimum absolute atomic E-state index is 0.993. The van der Waals surface area contributed by atoms with E-state index in [1.807, 2.05) is 0 Å². The average molecular weight is 167 g/mol. The van der Waals surface area contributed by atoms with Crippen molar-refractivity contribution in [3.8, 4) is 6.07 Å². The van der Waals surface area contributed by atoms with E-state index in [1.165, 1.54) is 6.92 Å². The highest BCUT2D eigenvalue weighted by Crippen LogP contribution is 2.36. The Morgan fingerprint density at radius 1 is 1.70 bits per heavy atom. The van der Waals surface area contributed by atoms with Crippen LogP contribution in [0.15, 0.2) is 0 Å². The molecule has 0 aromatic carbocycles. The molecule has 0 saturated carbocycles. The van der Waals surface area contributed by atoms with E-state index in [0.717, 1.165) is 0 Å². The second kappa shape index (κ2) is 3.66. The minimum atomic E-state index is -4.61. The van der Waals surface area contributed by atoms with Gasteiger partial charge in [0.1, 0.15) is 0 Å². The molecule has 58 valence electrons. The van der Waals surface area contributed by atoms with E-state index in [0.29, 0.717) is 0 Å². The molecular weight excluding hydrogens is 161 g/mol. The van der Waals surface area contributed by atoms with Gasteiger partial charge in [0.2, 0.25) is 0 Å². The van der Waals surface area contributed by atoms with Crippen LogP contribution in [0.4, 0.5) is 0 Å². The molecule has 0 aromatic rings. The molecule has 10 heavy (non-hydrogen) atoms. The van der Waals surface area contributed by atoms with Crippen molar-refractivity contribution < 1.29 is 23.9 Å². The predicted molar refractivity (Wildman–Crippen MR) is 29.3 cm³/mol. The normalized spacial score (nSPS) is 14.2. The summed E-state index contributed by atoms with van der Waals surface area (Å²) < 4.78 is 13.4. The molecule has 0 radical (unpaired) electrons. The Morgan fingerprint density at radius 3 is 2.50 bits per heavy atom. The Hall–Kier alpha value is -0.440. The summed E-state index contributed by atoms with van der Waals surface area (Å²) in [5.74, 6) is 0. The fraction of sp³-hybridized carbons (Fsp3) is 0.667. The third-order valence-corrected chi connectivity index (χ3v) is 0.747. The molecule has 0 amide bonds. The Kier molecular flexibility index (Phi) is 3.50. The summed E-state index contributed by atoms with van der Waals surface area (Å²) in [6, 6.07) is 1.55. The zero-order valence-electron chi connectivity index (χ0n) is 5.09. The lowest BCUT2D eigenvalue weighted by Crippen LogP contribution is -2.03. The molecule has 1 unspecified atom stereocenters. The lowest BCUT2D eigenvalue weighted by Gasteiger charge is -2.03. The smallest absolute Gasteiger partial charge is 0.301 e. The van der Waals surface area contributed by atoms with E-state index in [-0.39, 0.29) is 0 Å². The van der Waals surface area contributed by atoms with E-state index in [1.54, 1.807) is 6.07 Å². The van der Waals surface area contributed by atoms with Gasteiger partial charge in [0.15, 0.2) is 6.10 Å². The summed E-state index contributed by atoms with van der Waals surface area (Å²) in [7, 11) is -4.61. The molecule has 0 aliphatic rings. The van der Waals surface area contributed by atoms with E-state index < -0.39 is 13.9 Å². The maximum Gasteiger partial charge on any atom is 0.496 e. The van der Waals surface area contributed by atoms with Crippen LogP contribution < -0.4 is 0 Å². The summed E-state index contributed by atoms with van der Waals surface area (Å²) in [6.07, 6.45) is -0.993. The number of phosphoric acid groups is 1. The van der Waals surface area contributed by atoms with Gasteiger partial charge in [-0.15, -0.1) is 4.67 Å². The third-order valence-electron chi connectivity index (χ3n) is 0.466. The Balaban J connectivity index is 3.58. The highest BCUT2D eigenvalue weighted by molar-refractivity contribution is 7.46. The molecule has 6 nitrogen and oxygen atoms in total.